The maximum atomic E-state index is 9.62. The first-order valence-corrected chi connectivity index (χ1v) is 10.8. The number of aromatic nitrogens is 1. The van der Waals surface area contributed by atoms with Gasteiger partial charge in [0.05, 0.1) is 15.6 Å². The minimum absolute atomic E-state index is 0.532. The number of hydrogen-bond donors (Lipinski definition) is 0. The molecule has 0 fully saturated rings. The highest BCUT2D eigenvalue weighted by atomic mass is 35.5. The lowest BCUT2D eigenvalue weighted by Crippen LogP contribution is -1.99. The van der Waals surface area contributed by atoms with Crippen molar-refractivity contribution in [3.05, 3.63) is 67.3 Å². The van der Waals surface area contributed by atoms with Crippen molar-refractivity contribution < 1.29 is 0 Å². The van der Waals surface area contributed by atoms with Crippen molar-refractivity contribution in [3.8, 4) is 11.8 Å². The number of aliphatic imine (C=N–C) groups is 1. The van der Waals surface area contributed by atoms with E-state index < -0.39 is 0 Å². The fraction of sp³-hybridized carbons (Fsp3) is 0.273. The first-order valence-electron chi connectivity index (χ1n) is 9.22. The Kier molecular flexibility index (Phi) is 5.33. The summed E-state index contributed by atoms with van der Waals surface area (Å²) in [4.78, 5) is 6.03. The molecule has 0 amide bonds. The molecule has 0 aliphatic heterocycles. The van der Waals surface area contributed by atoms with Crippen molar-refractivity contribution in [3.63, 3.8) is 0 Å². The quantitative estimate of drug-likeness (QED) is 0.416. The topological polar surface area (TPSA) is 41.1 Å². The number of rotatable bonds is 3. The van der Waals surface area contributed by atoms with Gasteiger partial charge in [0.25, 0.3) is 0 Å². The molecule has 2 aromatic heterocycles. The highest BCUT2D eigenvalue weighted by Gasteiger charge is 2.20. The zero-order valence-corrected chi connectivity index (χ0v) is 18.0. The number of nitrogens with zero attached hydrogens (tertiary/aromatic N) is 3. The first-order chi connectivity index (χ1) is 13.5. The summed E-state index contributed by atoms with van der Waals surface area (Å²) in [5.41, 5.74) is 6.12. The number of halogens is 2. The van der Waals surface area contributed by atoms with Gasteiger partial charge in [-0.15, -0.1) is 11.3 Å². The van der Waals surface area contributed by atoms with Crippen LogP contribution in [0.15, 0.2) is 29.3 Å². The zero-order chi connectivity index (χ0) is 19.8. The Bertz CT molecular complexity index is 1130. The lowest BCUT2D eigenvalue weighted by Gasteiger charge is -2.10. The number of aryl methyl sites for hydroxylation is 2. The van der Waals surface area contributed by atoms with Crippen LogP contribution in [-0.2, 0) is 12.8 Å². The van der Waals surface area contributed by atoms with Gasteiger partial charge in [-0.05, 0) is 69.4 Å². The summed E-state index contributed by atoms with van der Waals surface area (Å²) in [6, 6.07) is 10.1. The Morgan fingerprint density at radius 3 is 2.68 bits per heavy atom. The van der Waals surface area contributed by atoms with Gasteiger partial charge in [-0.25, -0.2) is 4.99 Å². The van der Waals surface area contributed by atoms with Gasteiger partial charge in [-0.1, -0.05) is 23.2 Å². The molecular formula is C22H19Cl2N3S. The van der Waals surface area contributed by atoms with Crippen LogP contribution >= 0.6 is 34.5 Å². The second-order valence-corrected chi connectivity index (χ2v) is 8.92. The fourth-order valence-corrected chi connectivity index (χ4v) is 5.30. The van der Waals surface area contributed by atoms with E-state index >= 15 is 0 Å². The smallest absolute Gasteiger partial charge is 0.134 e. The molecule has 0 unspecified atom stereocenters. The highest BCUT2D eigenvalue weighted by molar-refractivity contribution is 7.16. The second-order valence-electron chi connectivity index (χ2n) is 7.02. The molecule has 0 radical (unpaired) electrons. The molecule has 142 valence electrons. The van der Waals surface area contributed by atoms with Crippen molar-refractivity contribution in [1.29, 1.82) is 5.26 Å². The van der Waals surface area contributed by atoms with Crippen LogP contribution in [0.1, 0.15) is 45.8 Å². The molecule has 28 heavy (non-hydrogen) atoms. The Balaban J connectivity index is 1.71. The van der Waals surface area contributed by atoms with Gasteiger partial charge in [-0.3, -0.25) is 0 Å². The van der Waals surface area contributed by atoms with Crippen molar-refractivity contribution in [2.45, 2.75) is 39.5 Å². The molecule has 3 nitrogen and oxygen atoms in total. The van der Waals surface area contributed by atoms with Crippen molar-refractivity contribution >= 4 is 45.8 Å². The standard InChI is InChI=1S/C22H19Cl2N3S/c1-13-9-15(14(2)27(13)16-7-8-19(23)20(24)10-16)12-26-22-18(11-25)17-5-3-4-6-21(17)28-22/h7-10,12H,3-6H2,1-2H3. The third-order valence-electron chi connectivity index (χ3n) is 5.22. The SMILES string of the molecule is Cc1cc(C=Nc2sc3c(c2C#N)CCCC3)c(C)n1-c1ccc(Cl)c(Cl)c1. The van der Waals surface area contributed by atoms with Crippen LogP contribution < -0.4 is 0 Å². The van der Waals surface area contributed by atoms with Gasteiger partial charge in [0.2, 0.25) is 0 Å². The molecular weight excluding hydrogens is 409 g/mol. The van der Waals surface area contributed by atoms with Crippen LogP contribution in [0.25, 0.3) is 5.69 Å². The van der Waals surface area contributed by atoms with E-state index in [9.17, 15) is 5.26 Å². The summed E-state index contributed by atoms with van der Waals surface area (Å²) < 4.78 is 2.13. The van der Waals surface area contributed by atoms with E-state index in [0.717, 1.165) is 52.5 Å². The summed E-state index contributed by atoms with van der Waals surface area (Å²) in [6.45, 7) is 4.11. The summed E-state index contributed by atoms with van der Waals surface area (Å²) in [5.74, 6) is 0. The number of fused-ring (bicyclic) bond motifs is 1. The Labute approximate surface area is 178 Å². The normalized spacial score (nSPS) is 13.7. The number of nitriles is 1. The fourth-order valence-electron chi connectivity index (χ4n) is 3.83. The van der Waals surface area contributed by atoms with Gasteiger partial charge in [0, 0.05) is 33.7 Å². The molecule has 2 heterocycles. The molecule has 0 N–H and O–H groups in total. The average Bonchev–Trinajstić information content (AvgIpc) is 3.18. The first kappa shape index (κ1) is 19.3. The van der Waals surface area contributed by atoms with Gasteiger partial charge in [-0.2, -0.15) is 5.26 Å². The molecule has 0 atom stereocenters. The minimum atomic E-state index is 0.532. The molecule has 0 saturated carbocycles. The van der Waals surface area contributed by atoms with Crippen LogP contribution in [0.3, 0.4) is 0 Å². The molecule has 3 aromatic rings. The highest BCUT2D eigenvalue weighted by Crippen LogP contribution is 2.39. The lowest BCUT2D eigenvalue weighted by molar-refractivity contribution is 0.696. The Morgan fingerprint density at radius 1 is 1.14 bits per heavy atom. The average molecular weight is 428 g/mol. The second kappa shape index (κ2) is 7.75. The van der Waals surface area contributed by atoms with Crippen LogP contribution in [-0.4, -0.2) is 10.8 Å². The molecule has 1 aliphatic carbocycles. The van der Waals surface area contributed by atoms with E-state index in [0.29, 0.717) is 10.0 Å². The minimum Gasteiger partial charge on any atom is -0.318 e. The molecule has 0 bridgehead atoms. The van der Waals surface area contributed by atoms with Crippen LogP contribution in [0.5, 0.6) is 0 Å². The molecule has 0 spiro atoms. The molecule has 6 heteroatoms. The molecule has 4 rings (SSSR count). The van der Waals surface area contributed by atoms with Gasteiger partial charge in [0.15, 0.2) is 0 Å². The predicted molar refractivity (Wildman–Crippen MR) is 118 cm³/mol. The maximum Gasteiger partial charge on any atom is 0.134 e. The maximum absolute atomic E-state index is 9.62. The zero-order valence-electron chi connectivity index (χ0n) is 15.7. The van der Waals surface area contributed by atoms with Crippen molar-refractivity contribution in [2.75, 3.05) is 0 Å². The van der Waals surface area contributed by atoms with E-state index in [4.69, 9.17) is 28.2 Å². The number of thiophene rings is 1. The van der Waals surface area contributed by atoms with Gasteiger partial charge in [0.1, 0.15) is 11.1 Å². The van der Waals surface area contributed by atoms with E-state index in [1.54, 1.807) is 17.4 Å². The van der Waals surface area contributed by atoms with E-state index in [1.807, 2.05) is 18.3 Å². The number of benzene rings is 1. The van der Waals surface area contributed by atoms with Gasteiger partial charge < -0.3 is 4.57 Å². The third kappa shape index (κ3) is 3.39. The predicted octanol–water partition coefficient (Wildman–Crippen LogP) is 6.96. The van der Waals surface area contributed by atoms with Gasteiger partial charge >= 0.3 is 0 Å². The summed E-state index contributed by atoms with van der Waals surface area (Å²) >= 11 is 13.9. The Morgan fingerprint density at radius 2 is 1.93 bits per heavy atom. The van der Waals surface area contributed by atoms with Crippen molar-refractivity contribution in [2.24, 2.45) is 4.99 Å². The van der Waals surface area contributed by atoms with Crippen molar-refractivity contribution in [1.82, 2.24) is 4.57 Å². The van der Waals surface area contributed by atoms with Crippen LogP contribution in [0.4, 0.5) is 5.00 Å². The monoisotopic (exact) mass is 427 g/mol. The summed E-state index contributed by atoms with van der Waals surface area (Å²) in [7, 11) is 0. The number of hydrogen-bond acceptors (Lipinski definition) is 3. The summed E-state index contributed by atoms with van der Waals surface area (Å²) in [5, 5.41) is 11.5. The third-order valence-corrected chi connectivity index (χ3v) is 7.16. The van der Waals surface area contributed by atoms with Crippen LogP contribution in [0, 0.1) is 25.2 Å². The largest absolute Gasteiger partial charge is 0.318 e. The molecule has 1 aromatic carbocycles. The van der Waals surface area contributed by atoms with E-state index in [-0.39, 0.29) is 0 Å². The molecule has 0 saturated heterocycles. The Hall–Kier alpha value is -2.06. The van der Waals surface area contributed by atoms with E-state index in [1.165, 1.54) is 16.9 Å². The molecule has 1 aliphatic rings. The van der Waals surface area contributed by atoms with E-state index in [2.05, 4.69) is 30.6 Å². The summed E-state index contributed by atoms with van der Waals surface area (Å²) in [6.07, 6.45) is 6.29. The van der Waals surface area contributed by atoms with Crippen LogP contribution in [0.2, 0.25) is 10.0 Å². The lowest BCUT2D eigenvalue weighted by atomic mass is 9.96.